The zero-order valence-electron chi connectivity index (χ0n) is 13.8. The Morgan fingerprint density at radius 2 is 1.92 bits per heavy atom. The van der Waals surface area contributed by atoms with Gasteiger partial charge in [-0.05, 0) is 24.3 Å². The number of para-hydroxylation sites is 1. The average molecular weight is 346 g/mol. The van der Waals surface area contributed by atoms with Crippen molar-refractivity contribution in [2.24, 2.45) is 10.7 Å². The third kappa shape index (κ3) is 2.84. The second kappa shape index (κ2) is 6.25. The van der Waals surface area contributed by atoms with Crippen LogP contribution in [0.2, 0.25) is 0 Å². The highest BCUT2D eigenvalue weighted by atomic mass is 16.5. The minimum absolute atomic E-state index is 0.220. The van der Waals surface area contributed by atoms with E-state index in [4.69, 9.17) is 14.9 Å². The number of ether oxygens (including phenoxy) is 1. The summed E-state index contributed by atoms with van der Waals surface area (Å²) >= 11 is 0. The van der Waals surface area contributed by atoms with Crippen molar-refractivity contribution in [3.8, 4) is 11.5 Å². The second-order valence-corrected chi connectivity index (χ2v) is 5.72. The fourth-order valence-corrected chi connectivity index (χ4v) is 2.70. The highest BCUT2D eigenvalue weighted by Gasteiger charge is 2.19. The van der Waals surface area contributed by atoms with Crippen LogP contribution in [0.15, 0.2) is 64.2 Å². The molecule has 0 spiro atoms. The van der Waals surface area contributed by atoms with E-state index in [1.54, 1.807) is 24.3 Å². The van der Waals surface area contributed by atoms with Gasteiger partial charge in [-0.2, -0.15) is 0 Å². The summed E-state index contributed by atoms with van der Waals surface area (Å²) in [7, 11) is 0. The molecule has 0 fully saturated rings. The molecule has 0 saturated carbocycles. The molecule has 128 valence electrons. The maximum atomic E-state index is 9.78. The molecule has 0 atom stereocenters. The van der Waals surface area contributed by atoms with E-state index < -0.39 is 0 Å². The summed E-state index contributed by atoms with van der Waals surface area (Å²) < 4.78 is 12.1. The van der Waals surface area contributed by atoms with E-state index in [-0.39, 0.29) is 5.84 Å². The molecule has 0 unspecified atom stereocenters. The number of nitrogens with two attached hydrogens (primary N) is 1. The lowest BCUT2D eigenvalue weighted by molar-refractivity contribution is -0.706. The van der Waals surface area contributed by atoms with Crippen LogP contribution in [-0.2, 0) is 0 Å². The summed E-state index contributed by atoms with van der Waals surface area (Å²) in [5, 5.41) is 9.78. The van der Waals surface area contributed by atoms with Gasteiger partial charge in [0.25, 0.3) is 5.69 Å². The van der Waals surface area contributed by atoms with Crippen LogP contribution in [0, 0.1) is 0 Å². The van der Waals surface area contributed by atoms with Crippen molar-refractivity contribution in [2.45, 2.75) is 0 Å². The first-order chi connectivity index (χ1) is 12.6. The van der Waals surface area contributed by atoms with Crippen LogP contribution in [0.5, 0.6) is 11.5 Å². The van der Waals surface area contributed by atoms with Gasteiger partial charge in [0, 0.05) is 21.9 Å². The molecule has 4 rings (SSSR count). The third-order valence-corrected chi connectivity index (χ3v) is 3.99. The lowest BCUT2D eigenvalue weighted by atomic mass is 10.1. The van der Waals surface area contributed by atoms with Gasteiger partial charge in [-0.3, -0.25) is 5.21 Å². The number of aliphatic imine (C=N–C) groups is 1. The zero-order valence-corrected chi connectivity index (χ0v) is 13.8. The van der Waals surface area contributed by atoms with E-state index >= 15 is 0 Å². The summed E-state index contributed by atoms with van der Waals surface area (Å²) in [6, 6.07) is 14.5. The van der Waals surface area contributed by atoms with Gasteiger partial charge in [0.2, 0.25) is 0 Å². The van der Waals surface area contributed by atoms with E-state index in [1.807, 2.05) is 36.4 Å². The average Bonchev–Trinajstić information content (AvgIpc) is 3.10. The number of hydrogen-bond donors (Lipinski definition) is 2. The van der Waals surface area contributed by atoms with Crippen molar-refractivity contribution in [1.82, 2.24) is 0 Å². The van der Waals surface area contributed by atoms with E-state index in [2.05, 4.69) is 11.7 Å². The number of fused-ring (bicyclic) bond motifs is 2. The maximum absolute atomic E-state index is 9.78. The minimum atomic E-state index is 0.220. The van der Waals surface area contributed by atoms with Gasteiger partial charge < -0.3 is 14.9 Å². The molecule has 0 aliphatic carbocycles. The third-order valence-electron chi connectivity index (χ3n) is 3.99. The monoisotopic (exact) mass is 346 g/mol. The molecular weight excluding hydrogens is 330 g/mol. The van der Waals surface area contributed by atoms with E-state index in [0.29, 0.717) is 28.6 Å². The highest BCUT2D eigenvalue weighted by molar-refractivity contribution is 5.98. The molecule has 0 saturated heterocycles. The quantitative estimate of drug-likeness (QED) is 0.190. The topological polar surface area (TPSA) is 84.0 Å². The standard InChI is InChI=1S/C20H16N3O3/c1-23(24)14-11-16(22-20(21)18-7-4-10-25-18)15-9-8-13-5-2-3-6-17(13)26-19(15)12-14/h2-12,24H,1H2,(H2,21,22)/q+1. The lowest BCUT2D eigenvalue weighted by Gasteiger charge is -2.10. The number of benzene rings is 2. The van der Waals surface area contributed by atoms with Gasteiger partial charge >= 0.3 is 0 Å². The Hall–Kier alpha value is -3.80. The zero-order chi connectivity index (χ0) is 18.1. The first kappa shape index (κ1) is 15.7. The molecule has 2 heterocycles. The van der Waals surface area contributed by atoms with E-state index in [1.165, 1.54) is 6.26 Å². The molecule has 6 heteroatoms. The number of rotatable bonds is 3. The van der Waals surface area contributed by atoms with Crippen molar-refractivity contribution in [1.29, 1.82) is 0 Å². The molecule has 26 heavy (non-hydrogen) atoms. The SMILES string of the molecule is C=[N+](O)c1cc(N=C(N)c2ccco2)c2c(c1)Oc1ccccc1C=C2. The normalized spacial score (nSPS) is 12.7. The molecule has 6 nitrogen and oxygen atoms in total. The molecular formula is C20H16N3O3+. The van der Waals surface area contributed by atoms with Crippen molar-refractivity contribution in [2.75, 3.05) is 0 Å². The number of furan rings is 1. The Kier molecular flexibility index (Phi) is 3.78. The molecule has 1 aliphatic heterocycles. The number of nitrogens with zero attached hydrogens (tertiary/aromatic N) is 2. The molecule has 3 aromatic rings. The van der Waals surface area contributed by atoms with Gasteiger partial charge in [-0.15, -0.1) is 0 Å². The van der Waals surface area contributed by atoms with Crippen molar-refractivity contribution in [3.63, 3.8) is 0 Å². The van der Waals surface area contributed by atoms with Crippen LogP contribution >= 0.6 is 0 Å². The van der Waals surface area contributed by atoms with Crippen LogP contribution in [-0.4, -0.2) is 22.5 Å². The highest BCUT2D eigenvalue weighted by Crippen LogP contribution is 2.41. The number of amidine groups is 1. The summed E-state index contributed by atoms with van der Waals surface area (Å²) in [5.41, 5.74) is 8.68. The first-order valence-electron chi connectivity index (χ1n) is 7.92. The Morgan fingerprint density at radius 1 is 1.08 bits per heavy atom. The van der Waals surface area contributed by atoms with Gasteiger partial charge in [-0.1, -0.05) is 24.3 Å². The molecule has 0 radical (unpaired) electrons. The van der Waals surface area contributed by atoms with Crippen LogP contribution in [0.4, 0.5) is 11.4 Å². The van der Waals surface area contributed by atoms with Crippen molar-refractivity contribution >= 4 is 36.1 Å². The van der Waals surface area contributed by atoms with E-state index in [9.17, 15) is 5.21 Å². The van der Waals surface area contributed by atoms with Crippen LogP contribution in [0.3, 0.4) is 0 Å². The van der Waals surface area contributed by atoms with Crippen LogP contribution in [0.1, 0.15) is 16.9 Å². The van der Waals surface area contributed by atoms with Crippen LogP contribution in [0.25, 0.3) is 12.2 Å². The Labute approximate surface area is 149 Å². The van der Waals surface area contributed by atoms with Crippen LogP contribution < -0.4 is 10.5 Å². The first-order valence-corrected chi connectivity index (χ1v) is 7.92. The molecule has 1 aliphatic rings. The fraction of sp³-hybridized carbons (Fsp3) is 0. The molecule has 0 amide bonds. The summed E-state index contributed by atoms with van der Waals surface area (Å²) in [6.45, 7) is 3.51. The number of hydrogen-bond acceptors (Lipinski definition) is 4. The van der Waals surface area contributed by atoms with Crippen molar-refractivity contribution in [3.05, 3.63) is 71.7 Å². The Morgan fingerprint density at radius 3 is 2.69 bits per heavy atom. The second-order valence-electron chi connectivity index (χ2n) is 5.72. The van der Waals surface area contributed by atoms with Crippen molar-refractivity contribution < 1.29 is 19.1 Å². The Balaban J connectivity index is 1.89. The molecule has 2 aromatic carbocycles. The Bertz CT molecular complexity index is 1050. The summed E-state index contributed by atoms with van der Waals surface area (Å²) in [5.74, 6) is 1.93. The minimum Gasteiger partial charge on any atom is -0.461 e. The van der Waals surface area contributed by atoms with Gasteiger partial charge in [0.15, 0.2) is 18.3 Å². The van der Waals surface area contributed by atoms with Gasteiger partial charge in [-0.25, -0.2) is 4.99 Å². The summed E-state index contributed by atoms with van der Waals surface area (Å²) in [6.07, 6.45) is 5.38. The smallest absolute Gasteiger partial charge is 0.262 e. The van der Waals surface area contributed by atoms with E-state index in [0.717, 1.165) is 15.9 Å². The predicted octanol–water partition coefficient (Wildman–Crippen LogP) is 4.33. The largest absolute Gasteiger partial charge is 0.461 e. The lowest BCUT2D eigenvalue weighted by Crippen LogP contribution is -2.11. The molecule has 1 aromatic heterocycles. The maximum Gasteiger partial charge on any atom is 0.262 e. The predicted molar refractivity (Wildman–Crippen MR) is 99.8 cm³/mol. The van der Waals surface area contributed by atoms with Gasteiger partial charge in [0.05, 0.1) is 18.0 Å². The molecule has 0 bridgehead atoms. The summed E-state index contributed by atoms with van der Waals surface area (Å²) in [4.78, 5) is 4.47. The fourth-order valence-electron chi connectivity index (χ4n) is 2.70. The molecule has 3 N–H and O–H groups in total. The van der Waals surface area contributed by atoms with Gasteiger partial charge in [0.1, 0.15) is 11.5 Å².